The van der Waals surface area contributed by atoms with E-state index in [2.05, 4.69) is 24.5 Å². The second-order valence-corrected chi connectivity index (χ2v) is 7.34. The molecule has 1 atom stereocenters. The molecule has 1 unspecified atom stereocenters. The van der Waals surface area contributed by atoms with Crippen LogP contribution in [0.5, 0.6) is 0 Å². The van der Waals surface area contributed by atoms with Crippen molar-refractivity contribution in [2.45, 2.75) is 59.5 Å². The molecule has 1 amide bonds. The third-order valence-electron chi connectivity index (χ3n) is 3.91. The van der Waals surface area contributed by atoms with E-state index in [1.807, 2.05) is 20.8 Å². The first-order valence-electron chi connectivity index (χ1n) is 7.95. The van der Waals surface area contributed by atoms with Gasteiger partial charge in [0.25, 0.3) is 0 Å². The monoisotopic (exact) mass is 284 g/mol. The highest BCUT2D eigenvalue weighted by Gasteiger charge is 2.20. The van der Waals surface area contributed by atoms with E-state index in [4.69, 9.17) is 4.74 Å². The number of nitrogens with one attached hydrogen (secondary N) is 2. The van der Waals surface area contributed by atoms with Gasteiger partial charge in [-0.15, -0.1) is 0 Å². The molecule has 0 aromatic rings. The van der Waals surface area contributed by atoms with Crippen LogP contribution in [0.2, 0.25) is 0 Å². The minimum Gasteiger partial charge on any atom is -0.444 e. The van der Waals surface area contributed by atoms with Crippen molar-refractivity contribution in [3.63, 3.8) is 0 Å². The predicted octanol–water partition coefficient (Wildman–Crippen LogP) is 3.17. The van der Waals surface area contributed by atoms with E-state index < -0.39 is 5.60 Å². The van der Waals surface area contributed by atoms with E-state index >= 15 is 0 Å². The van der Waals surface area contributed by atoms with Crippen molar-refractivity contribution < 1.29 is 9.53 Å². The molecule has 1 saturated carbocycles. The highest BCUT2D eigenvalue weighted by molar-refractivity contribution is 5.67. The molecule has 0 heterocycles. The summed E-state index contributed by atoms with van der Waals surface area (Å²) in [5.74, 6) is 1.86. The molecule has 1 aliphatic rings. The molecule has 20 heavy (non-hydrogen) atoms. The second kappa shape index (κ2) is 7.87. The fourth-order valence-corrected chi connectivity index (χ4v) is 2.24. The summed E-state index contributed by atoms with van der Waals surface area (Å²) in [6.07, 6.45) is 3.81. The Bertz CT molecular complexity index is 293. The Hall–Kier alpha value is -0.770. The van der Waals surface area contributed by atoms with Gasteiger partial charge in [0, 0.05) is 6.54 Å². The summed E-state index contributed by atoms with van der Waals surface area (Å²) in [6.45, 7) is 12.8. The average molecular weight is 284 g/mol. The zero-order chi connectivity index (χ0) is 15.2. The summed E-state index contributed by atoms with van der Waals surface area (Å²) in [7, 11) is 0. The smallest absolute Gasteiger partial charge is 0.407 e. The van der Waals surface area contributed by atoms with Gasteiger partial charge in [-0.25, -0.2) is 4.79 Å². The summed E-state index contributed by atoms with van der Waals surface area (Å²) < 4.78 is 5.27. The Morgan fingerprint density at radius 2 is 1.90 bits per heavy atom. The van der Waals surface area contributed by atoms with Crippen molar-refractivity contribution in [1.82, 2.24) is 10.6 Å². The lowest BCUT2D eigenvalue weighted by atomic mass is 9.85. The molecule has 0 spiro atoms. The first-order chi connectivity index (χ1) is 9.28. The first-order valence-corrected chi connectivity index (χ1v) is 7.95. The van der Waals surface area contributed by atoms with E-state index in [1.165, 1.54) is 19.3 Å². The minimum absolute atomic E-state index is 0.317. The Labute approximate surface area is 124 Å². The molecule has 2 N–H and O–H groups in total. The van der Waals surface area contributed by atoms with Crippen molar-refractivity contribution in [1.29, 1.82) is 0 Å². The highest BCUT2D eigenvalue weighted by atomic mass is 16.6. The van der Waals surface area contributed by atoms with Gasteiger partial charge in [0.1, 0.15) is 5.60 Å². The van der Waals surface area contributed by atoms with Crippen LogP contribution in [0.4, 0.5) is 4.79 Å². The fraction of sp³-hybridized carbons (Fsp3) is 0.938. The van der Waals surface area contributed by atoms with Crippen molar-refractivity contribution >= 4 is 6.09 Å². The SMILES string of the molecule is CC(C)C(CNCC1CCC1)CNC(=O)OC(C)(C)C. The molecule has 0 aromatic heterocycles. The van der Waals surface area contributed by atoms with Crippen LogP contribution >= 0.6 is 0 Å². The van der Waals surface area contributed by atoms with E-state index in [-0.39, 0.29) is 6.09 Å². The fourth-order valence-electron chi connectivity index (χ4n) is 2.24. The quantitative estimate of drug-likeness (QED) is 0.755. The third-order valence-corrected chi connectivity index (χ3v) is 3.91. The maximum absolute atomic E-state index is 11.7. The number of carbonyl (C=O) groups excluding carboxylic acids is 1. The Morgan fingerprint density at radius 1 is 1.25 bits per heavy atom. The van der Waals surface area contributed by atoms with Gasteiger partial charge >= 0.3 is 6.09 Å². The Morgan fingerprint density at radius 3 is 2.35 bits per heavy atom. The van der Waals surface area contributed by atoms with Crippen molar-refractivity contribution in [3.8, 4) is 0 Å². The second-order valence-electron chi connectivity index (χ2n) is 7.34. The molecule has 1 aliphatic carbocycles. The van der Waals surface area contributed by atoms with Gasteiger partial charge in [0.2, 0.25) is 0 Å². The third kappa shape index (κ3) is 7.13. The number of hydrogen-bond acceptors (Lipinski definition) is 3. The molecule has 1 rings (SSSR count). The van der Waals surface area contributed by atoms with Crippen LogP contribution in [-0.4, -0.2) is 31.3 Å². The zero-order valence-corrected chi connectivity index (χ0v) is 13.8. The van der Waals surface area contributed by atoms with E-state index in [0.29, 0.717) is 18.4 Å². The van der Waals surface area contributed by atoms with E-state index in [9.17, 15) is 4.79 Å². The standard InChI is InChI=1S/C16H32N2O2/c1-12(2)14(10-17-9-13-7-6-8-13)11-18-15(19)20-16(3,4)5/h12-14,17H,6-11H2,1-5H3,(H,18,19). The normalized spacial score (nSPS) is 17.7. The van der Waals surface area contributed by atoms with E-state index in [0.717, 1.165) is 19.0 Å². The largest absolute Gasteiger partial charge is 0.444 e. The lowest BCUT2D eigenvalue weighted by Gasteiger charge is -2.28. The molecule has 0 aromatic carbocycles. The lowest BCUT2D eigenvalue weighted by molar-refractivity contribution is 0.0514. The van der Waals surface area contributed by atoms with Gasteiger partial charge in [-0.1, -0.05) is 20.3 Å². The number of alkyl carbamates (subject to hydrolysis) is 1. The Balaban J connectivity index is 2.22. The summed E-state index contributed by atoms with van der Waals surface area (Å²) in [4.78, 5) is 11.7. The summed E-state index contributed by atoms with van der Waals surface area (Å²) in [6, 6.07) is 0. The zero-order valence-electron chi connectivity index (χ0n) is 13.8. The maximum Gasteiger partial charge on any atom is 0.407 e. The van der Waals surface area contributed by atoms with Crippen molar-refractivity contribution in [3.05, 3.63) is 0 Å². The number of carbonyl (C=O) groups is 1. The van der Waals surface area contributed by atoms with Gasteiger partial charge < -0.3 is 15.4 Å². The van der Waals surface area contributed by atoms with Crippen LogP contribution < -0.4 is 10.6 Å². The average Bonchev–Trinajstić information content (AvgIpc) is 2.22. The van der Waals surface area contributed by atoms with Crippen LogP contribution in [0.3, 0.4) is 0 Å². The predicted molar refractivity (Wildman–Crippen MR) is 82.8 cm³/mol. The number of rotatable bonds is 7. The van der Waals surface area contributed by atoms with Crippen LogP contribution in [0, 0.1) is 17.8 Å². The lowest BCUT2D eigenvalue weighted by Crippen LogP contribution is -2.40. The molecular weight excluding hydrogens is 252 g/mol. The number of ether oxygens (including phenoxy) is 1. The molecular formula is C16H32N2O2. The maximum atomic E-state index is 11.7. The topological polar surface area (TPSA) is 50.4 Å². The van der Waals surface area contributed by atoms with Crippen molar-refractivity contribution in [2.24, 2.45) is 17.8 Å². The van der Waals surface area contributed by atoms with Crippen LogP contribution in [-0.2, 0) is 4.74 Å². The summed E-state index contributed by atoms with van der Waals surface area (Å²) in [5.41, 5.74) is -0.431. The van der Waals surface area contributed by atoms with Gasteiger partial charge in [-0.3, -0.25) is 0 Å². The van der Waals surface area contributed by atoms with Crippen LogP contribution in [0.25, 0.3) is 0 Å². The summed E-state index contributed by atoms with van der Waals surface area (Å²) >= 11 is 0. The van der Waals surface area contributed by atoms with Gasteiger partial charge in [-0.05, 0) is 64.5 Å². The molecule has 4 nitrogen and oxygen atoms in total. The van der Waals surface area contributed by atoms with Gasteiger partial charge in [0.15, 0.2) is 0 Å². The molecule has 4 heteroatoms. The number of hydrogen-bond donors (Lipinski definition) is 2. The molecule has 0 bridgehead atoms. The van der Waals surface area contributed by atoms with Gasteiger partial charge in [-0.2, -0.15) is 0 Å². The molecule has 0 aliphatic heterocycles. The summed E-state index contributed by atoms with van der Waals surface area (Å²) in [5, 5.41) is 6.43. The van der Waals surface area contributed by atoms with E-state index in [1.54, 1.807) is 0 Å². The first kappa shape index (κ1) is 17.3. The number of amides is 1. The minimum atomic E-state index is -0.431. The van der Waals surface area contributed by atoms with Crippen LogP contribution in [0.1, 0.15) is 53.9 Å². The molecule has 0 radical (unpaired) electrons. The molecule has 118 valence electrons. The molecule has 0 saturated heterocycles. The van der Waals surface area contributed by atoms with Gasteiger partial charge in [0.05, 0.1) is 0 Å². The Kier molecular flexibility index (Phi) is 6.80. The van der Waals surface area contributed by atoms with Crippen molar-refractivity contribution in [2.75, 3.05) is 19.6 Å². The highest BCUT2D eigenvalue weighted by Crippen LogP contribution is 2.25. The van der Waals surface area contributed by atoms with Crippen LogP contribution in [0.15, 0.2) is 0 Å². The molecule has 1 fully saturated rings.